The molecule has 3 amide bonds. The average molecular weight is 226 g/mol. The summed E-state index contributed by atoms with van der Waals surface area (Å²) in [4.78, 5) is 24.2. The molecule has 1 saturated carbocycles. The maximum Gasteiger partial charge on any atom is 0.324 e. The lowest BCUT2D eigenvalue weighted by Gasteiger charge is -2.37. The minimum Gasteiger partial charge on any atom is -0.396 e. The highest BCUT2D eigenvalue weighted by Gasteiger charge is 2.39. The van der Waals surface area contributed by atoms with Gasteiger partial charge in [0.2, 0.25) is 5.91 Å². The summed E-state index contributed by atoms with van der Waals surface area (Å²) in [5.74, 6) is -0.177. The van der Waals surface area contributed by atoms with Crippen LogP contribution in [0.3, 0.4) is 0 Å². The van der Waals surface area contributed by atoms with Crippen LogP contribution in [0.15, 0.2) is 0 Å². The molecule has 0 atom stereocenters. The first kappa shape index (κ1) is 11.4. The molecule has 5 heteroatoms. The third-order valence-electron chi connectivity index (χ3n) is 3.68. The van der Waals surface area contributed by atoms with Crippen molar-refractivity contribution in [2.45, 2.75) is 32.1 Å². The summed E-state index contributed by atoms with van der Waals surface area (Å²) in [5, 5.41) is 12.0. The standard InChI is InChI=1S/C11H18N2O3/c14-8-11(4-2-1-3-5-11)7-13-9(15)6-12-10(13)16/h14H,1-8H2,(H,12,16). The lowest BCUT2D eigenvalue weighted by Crippen LogP contribution is -2.44. The number of nitrogens with one attached hydrogen (secondary N) is 1. The van der Waals surface area contributed by atoms with E-state index in [1.165, 1.54) is 11.3 Å². The summed E-state index contributed by atoms with van der Waals surface area (Å²) in [6, 6.07) is -0.316. The molecule has 5 nitrogen and oxygen atoms in total. The molecule has 0 aromatic rings. The van der Waals surface area contributed by atoms with E-state index < -0.39 is 0 Å². The van der Waals surface area contributed by atoms with Crippen molar-refractivity contribution < 1.29 is 14.7 Å². The Hall–Kier alpha value is -1.10. The summed E-state index contributed by atoms with van der Waals surface area (Å²) in [6.45, 7) is 0.526. The number of urea groups is 1. The van der Waals surface area contributed by atoms with Crippen LogP contribution in [-0.4, -0.2) is 41.6 Å². The monoisotopic (exact) mass is 226 g/mol. The first-order valence-electron chi connectivity index (χ1n) is 5.86. The topological polar surface area (TPSA) is 69.6 Å². The van der Waals surface area contributed by atoms with Gasteiger partial charge in [-0.05, 0) is 12.8 Å². The van der Waals surface area contributed by atoms with Gasteiger partial charge < -0.3 is 10.4 Å². The van der Waals surface area contributed by atoms with Crippen molar-refractivity contribution in [3.05, 3.63) is 0 Å². The van der Waals surface area contributed by atoms with E-state index in [9.17, 15) is 14.7 Å². The first-order valence-corrected chi connectivity index (χ1v) is 5.86. The summed E-state index contributed by atoms with van der Waals surface area (Å²) >= 11 is 0. The van der Waals surface area contributed by atoms with Crippen molar-refractivity contribution in [3.8, 4) is 0 Å². The maximum atomic E-state index is 11.5. The largest absolute Gasteiger partial charge is 0.396 e. The predicted octanol–water partition coefficient (Wildman–Crippen LogP) is 0.481. The number of hydrogen-bond donors (Lipinski definition) is 2. The van der Waals surface area contributed by atoms with Crippen LogP contribution in [0.25, 0.3) is 0 Å². The Bertz CT molecular complexity index is 282. The second kappa shape index (κ2) is 4.41. The molecule has 0 bridgehead atoms. The van der Waals surface area contributed by atoms with Gasteiger partial charge in [0.25, 0.3) is 0 Å². The summed E-state index contributed by atoms with van der Waals surface area (Å²) in [7, 11) is 0. The number of nitrogens with zero attached hydrogens (tertiary/aromatic N) is 1. The van der Waals surface area contributed by atoms with Crippen molar-refractivity contribution in [1.29, 1.82) is 0 Å². The number of aliphatic hydroxyl groups excluding tert-OH is 1. The van der Waals surface area contributed by atoms with Gasteiger partial charge in [-0.25, -0.2) is 4.79 Å². The van der Waals surface area contributed by atoms with Gasteiger partial charge in [0.15, 0.2) is 0 Å². The van der Waals surface area contributed by atoms with E-state index >= 15 is 0 Å². The molecule has 0 aromatic carbocycles. The van der Waals surface area contributed by atoms with Crippen molar-refractivity contribution in [2.24, 2.45) is 5.41 Å². The van der Waals surface area contributed by atoms with E-state index in [0.29, 0.717) is 6.54 Å². The van der Waals surface area contributed by atoms with Crippen molar-refractivity contribution in [1.82, 2.24) is 10.2 Å². The van der Waals surface area contributed by atoms with Crippen LogP contribution >= 0.6 is 0 Å². The van der Waals surface area contributed by atoms with Crippen molar-refractivity contribution >= 4 is 11.9 Å². The van der Waals surface area contributed by atoms with Crippen molar-refractivity contribution in [3.63, 3.8) is 0 Å². The molecule has 0 aromatic heterocycles. The van der Waals surface area contributed by atoms with Gasteiger partial charge in [-0.3, -0.25) is 9.69 Å². The highest BCUT2D eigenvalue weighted by molar-refractivity contribution is 6.01. The predicted molar refractivity (Wildman–Crippen MR) is 57.7 cm³/mol. The van der Waals surface area contributed by atoms with E-state index in [0.717, 1.165) is 25.7 Å². The highest BCUT2D eigenvalue weighted by Crippen LogP contribution is 2.36. The molecule has 2 aliphatic rings. The molecule has 1 heterocycles. The van der Waals surface area contributed by atoms with Crippen molar-refractivity contribution in [2.75, 3.05) is 19.7 Å². The number of imide groups is 1. The summed E-state index contributed by atoms with van der Waals surface area (Å²) in [6.07, 6.45) is 5.14. The Morgan fingerprint density at radius 3 is 2.44 bits per heavy atom. The van der Waals surface area contributed by atoms with E-state index in [-0.39, 0.29) is 30.5 Å². The fraction of sp³-hybridized carbons (Fsp3) is 0.818. The zero-order valence-electron chi connectivity index (χ0n) is 9.37. The van der Waals surface area contributed by atoms with Gasteiger partial charge in [-0.2, -0.15) is 0 Å². The number of carbonyl (C=O) groups is 2. The molecule has 0 spiro atoms. The average Bonchev–Trinajstić information content (AvgIpc) is 2.62. The molecule has 90 valence electrons. The van der Waals surface area contributed by atoms with Crippen LogP contribution in [0.1, 0.15) is 32.1 Å². The fourth-order valence-electron chi connectivity index (χ4n) is 2.62. The third kappa shape index (κ3) is 2.04. The SMILES string of the molecule is O=C1CNC(=O)N1CC1(CO)CCCCC1. The molecule has 2 N–H and O–H groups in total. The third-order valence-corrected chi connectivity index (χ3v) is 3.68. The van der Waals surface area contributed by atoms with E-state index in [1.807, 2.05) is 0 Å². The number of hydrogen-bond acceptors (Lipinski definition) is 3. The molecule has 1 saturated heterocycles. The molecule has 1 aliphatic carbocycles. The Morgan fingerprint density at radius 2 is 1.94 bits per heavy atom. The summed E-state index contributed by atoms with van der Waals surface area (Å²) < 4.78 is 0. The second-order valence-electron chi connectivity index (χ2n) is 4.86. The summed E-state index contributed by atoms with van der Waals surface area (Å²) in [5.41, 5.74) is -0.254. The Balaban J connectivity index is 2.05. The van der Waals surface area contributed by atoms with Gasteiger partial charge in [-0.15, -0.1) is 0 Å². The van der Waals surface area contributed by atoms with Gasteiger partial charge in [0.05, 0.1) is 13.2 Å². The Morgan fingerprint density at radius 1 is 1.25 bits per heavy atom. The molecular weight excluding hydrogens is 208 g/mol. The van der Waals surface area contributed by atoms with Gasteiger partial charge in [0.1, 0.15) is 0 Å². The number of amides is 3. The quantitative estimate of drug-likeness (QED) is 0.688. The zero-order valence-corrected chi connectivity index (χ0v) is 9.37. The van der Waals surface area contributed by atoms with E-state index in [4.69, 9.17) is 0 Å². The van der Waals surface area contributed by atoms with Gasteiger partial charge in [-0.1, -0.05) is 19.3 Å². The zero-order chi connectivity index (χ0) is 11.6. The molecule has 2 rings (SSSR count). The molecule has 16 heavy (non-hydrogen) atoms. The maximum absolute atomic E-state index is 11.5. The normalized spacial score (nSPS) is 24.7. The minimum absolute atomic E-state index is 0.0596. The smallest absolute Gasteiger partial charge is 0.324 e. The van der Waals surface area contributed by atoms with Crippen LogP contribution in [0, 0.1) is 5.41 Å². The number of carbonyl (C=O) groups excluding carboxylic acids is 2. The first-order chi connectivity index (χ1) is 7.67. The van der Waals surface area contributed by atoms with E-state index in [2.05, 4.69) is 5.32 Å². The molecule has 1 aliphatic heterocycles. The lowest BCUT2D eigenvalue weighted by atomic mass is 9.74. The number of rotatable bonds is 3. The lowest BCUT2D eigenvalue weighted by molar-refractivity contribution is -0.126. The van der Waals surface area contributed by atoms with Crippen LogP contribution in [0.5, 0.6) is 0 Å². The van der Waals surface area contributed by atoms with Crippen LogP contribution < -0.4 is 5.32 Å². The van der Waals surface area contributed by atoms with Crippen LogP contribution in [0.4, 0.5) is 4.79 Å². The molecule has 0 radical (unpaired) electrons. The number of aliphatic hydroxyl groups is 1. The second-order valence-corrected chi connectivity index (χ2v) is 4.86. The fourth-order valence-corrected chi connectivity index (χ4v) is 2.62. The van der Waals surface area contributed by atoms with Crippen LogP contribution in [-0.2, 0) is 4.79 Å². The molecule has 2 fully saturated rings. The molecule has 0 unspecified atom stereocenters. The minimum atomic E-state index is -0.316. The Kier molecular flexibility index (Phi) is 3.14. The molecular formula is C11H18N2O3. The Labute approximate surface area is 94.8 Å². The van der Waals surface area contributed by atoms with Crippen LogP contribution in [0.2, 0.25) is 0 Å². The van der Waals surface area contributed by atoms with Gasteiger partial charge in [0, 0.05) is 12.0 Å². The highest BCUT2D eigenvalue weighted by atomic mass is 16.3. The van der Waals surface area contributed by atoms with Gasteiger partial charge >= 0.3 is 6.03 Å². The van der Waals surface area contributed by atoms with E-state index in [1.54, 1.807) is 0 Å².